The Kier molecular flexibility index (Phi) is 5.13. The third-order valence-electron chi connectivity index (χ3n) is 4.10. The number of hydrogen-bond acceptors (Lipinski definition) is 3. The average Bonchev–Trinajstić information content (AvgIpc) is 2.56. The zero-order chi connectivity index (χ0) is 17.9. The molecule has 1 aliphatic heterocycles. The number of rotatable bonds is 4. The van der Waals surface area contributed by atoms with E-state index in [4.69, 9.17) is 21.7 Å². The summed E-state index contributed by atoms with van der Waals surface area (Å²) < 4.78 is 11.5. The SMILES string of the molecule is CCOc1ccc(NC(=S)N[C@@H]2CC(C)(C)Oc3ccccc32)cc1. The lowest BCUT2D eigenvalue weighted by atomic mass is 9.90. The Labute approximate surface area is 154 Å². The van der Waals surface area contributed by atoms with Gasteiger partial charge in [0.2, 0.25) is 0 Å². The molecule has 0 saturated carbocycles. The smallest absolute Gasteiger partial charge is 0.171 e. The lowest BCUT2D eigenvalue weighted by Crippen LogP contribution is -2.42. The van der Waals surface area contributed by atoms with Crippen molar-refractivity contribution in [3.05, 3.63) is 54.1 Å². The Hall–Kier alpha value is -2.27. The van der Waals surface area contributed by atoms with Gasteiger partial charge in [0, 0.05) is 17.7 Å². The first kappa shape index (κ1) is 17.5. The molecule has 0 radical (unpaired) electrons. The summed E-state index contributed by atoms with van der Waals surface area (Å²) in [5.74, 6) is 1.77. The van der Waals surface area contributed by atoms with Gasteiger partial charge in [0.15, 0.2) is 5.11 Å². The number of benzene rings is 2. The van der Waals surface area contributed by atoms with E-state index in [1.54, 1.807) is 0 Å². The van der Waals surface area contributed by atoms with E-state index in [1.807, 2.05) is 49.4 Å². The molecule has 0 bridgehead atoms. The van der Waals surface area contributed by atoms with Gasteiger partial charge in [0.1, 0.15) is 17.1 Å². The van der Waals surface area contributed by atoms with Crippen LogP contribution in [0.15, 0.2) is 48.5 Å². The second-order valence-corrected chi connectivity index (χ2v) is 7.12. The first-order valence-electron chi connectivity index (χ1n) is 8.55. The maximum atomic E-state index is 6.07. The number of thiocarbonyl (C=S) groups is 1. The second kappa shape index (κ2) is 7.31. The lowest BCUT2D eigenvalue weighted by molar-refractivity contribution is 0.0697. The Morgan fingerprint density at radius 3 is 2.64 bits per heavy atom. The summed E-state index contributed by atoms with van der Waals surface area (Å²) in [4.78, 5) is 0. The molecule has 132 valence electrons. The Morgan fingerprint density at radius 1 is 1.20 bits per heavy atom. The minimum absolute atomic E-state index is 0.114. The standard InChI is InChI=1S/C20H24N2O2S/c1-4-23-15-11-9-14(10-12-15)21-19(25)22-17-13-20(2,3)24-18-8-6-5-7-16(17)18/h5-12,17H,4,13H2,1-3H3,(H2,21,22,25)/t17-/m1/s1. The number of nitrogens with one attached hydrogen (secondary N) is 2. The van der Waals surface area contributed by atoms with E-state index in [0.717, 1.165) is 29.2 Å². The minimum Gasteiger partial charge on any atom is -0.494 e. The van der Waals surface area contributed by atoms with Crippen LogP contribution in [0.5, 0.6) is 11.5 Å². The summed E-state index contributed by atoms with van der Waals surface area (Å²) in [6.45, 7) is 6.82. The molecule has 1 aliphatic rings. The third-order valence-corrected chi connectivity index (χ3v) is 4.32. The molecule has 2 aromatic rings. The summed E-state index contributed by atoms with van der Waals surface area (Å²) in [7, 11) is 0. The number of para-hydroxylation sites is 1. The van der Waals surface area contributed by atoms with E-state index in [1.165, 1.54) is 0 Å². The molecule has 0 unspecified atom stereocenters. The number of ether oxygens (including phenoxy) is 2. The normalized spacial score (nSPS) is 17.8. The van der Waals surface area contributed by atoms with E-state index in [0.29, 0.717) is 11.7 Å². The summed E-state index contributed by atoms with van der Waals surface area (Å²) >= 11 is 5.51. The van der Waals surface area contributed by atoms with Crippen molar-refractivity contribution in [3.63, 3.8) is 0 Å². The van der Waals surface area contributed by atoms with Gasteiger partial charge in [-0.25, -0.2) is 0 Å². The molecular formula is C20H24N2O2S. The zero-order valence-corrected chi connectivity index (χ0v) is 15.7. The van der Waals surface area contributed by atoms with Crippen LogP contribution in [0, 0.1) is 0 Å². The monoisotopic (exact) mass is 356 g/mol. The van der Waals surface area contributed by atoms with Crippen molar-refractivity contribution in [1.82, 2.24) is 5.32 Å². The van der Waals surface area contributed by atoms with E-state index in [2.05, 4.69) is 30.5 Å². The summed E-state index contributed by atoms with van der Waals surface area (Å²) in [5, 5.41) is 7.27. The fraction of sp³-hybridized carbons (Fsp3) is 0.350. The van der Waals surface area contributed by atoms with Gasteiger partial charge in [-0.2, -0.15) is 0 Å². The summed E-state index contributed by atoms with van der Waals surface area (Å²) in [5.41, 5.74) is 1.83. The van der Waals surface area contributed by atoms with E-state index in [-0.39, 0.29) is 11.6 Å². The van der Waals surface area contributed by atoms with Crippen LogP contribution in [0.25, 0.3) is 0 Å². The first-order chi connectivity index (χ1) is 12.0. The molecule has 1 atom stereocenters. The highest BCUT2D eigenvalue weighted by Crippen LogP contribution is 2.39. The van der Waals surface area contributed by atoms with Gasteiger partial charge >= 0.3 is 0 Å². The summed E-state index contributed by atoms with van der Waals surface area (Å²) in [6, 6.07) is 16.0. The van der Waals surface area contributed by atoms with Crippen LogP contribution in [0.3, 0.4) is 0 Å². The molecule has 2 aromatic carbocycles. The highest BCUT2D eigenvalue weighted by molar-refractivity contribution is 7.80. The van der Waals surface area contributed by atoms with Crippen molar-refractivity contribution >= 4 is 23.0 Å². The molecule has 2 N–H and O–H groups in total. The van der Waals surface area contributed by atoms with Crippen molar-refractivity contribution in [2.24, 2.45) is 0 Å². The van der Waals surface area contributed by atoms with Crippen LogP contribution in [0.1, 0.15) is 38.8 Å². The van der Waals surface area contributed by atoms with E-state index in [9.17, 15) is 0 Å². The lowest BCUT2D eigenvalue weighted by Gasteiger charge is -2.38. The molecule has 0 aliphatic carbocycles. The Morgan fingerprint density at radius 2 is 1.92 bits per heavy atom. The molecular weight excluding hydrogens is 332 g/mol. The molecule has 3 rings (SSSR count). The van der Waals surface area contributed by atoms with Crippen molar-refractivity contribution in [1.29, 1.82) is 0 Å². The average molecular weight is 356 g/mol. The zero-order valence-electron chi connectivity index (χ0n) is 14.8. The van der Waals surface area contributed by atoms with Gasteiger partial charge in [-0.05, 0) is 63.3 Å². The van der Waals surface area contributed by atoms with Crippen LogP contribution in [-0.2, 0) is 0 Å². The van der Waals surface area contributed by atoms with Gasteiger partial charge in [-0.1, -0.05) is 18.2 Å². The Bertz CT molecular complexity index is 744. The highest BCUT2D eigenvalue weighted by atomic mass is 32.1. The van der Waals surface area contributed by atoms with Gasteiger partial charge < -0.3 is 20.1 Å². The highest BCUT2D eigenvalue weighted by Gasteiger charge is 2.33. The van der Waals surface area contributed by atoms with Crippen molar-refractivity contribution < 1.29 is 9.47 Å². The van der Waals surface area contributed by atoms with Crippen LogP contribution in [-0.4, -0.2) is 17.3 Å². The molecule has 4 nitrogen and oxygen atoms in total. The van der Waals surface area contributed by atoms with Crippen molar-refractivity contribution in [3.8, 4) is 11.5 Å². The quantitative estimate of drug-likeness (QED) is 0.779. The van der Waals surface area contributed by atoms with Crippen LogP contribution in [0.2, 0.25) is 0 Å². The third kappa shape index (κ3) is 4.42. The molecule has 0 fully saturated rings. The maximum absolute atomic E-state index is 6.07. The largest absolute Gasteiger partial charge is 0.494 e. The maximum Gasteiger partial charge on any atom is 0.171 e. The molecule has 1 heterocycles. The van der Waals surface area contributed by atoms with E-state index >= 15 is 0 Å². The summed E-state index contributed by atoms with van der Waals surface area (Å²) in [6.07, 6.45) is 0.842. The molecule has 0 saturated heterocycles. The topological polar surface area (TPSA) is 42.5 Å². The Balaban J connectivity index is 1.68. The molecule has 5 heteroatoms. The number of anilines is 1. The van der Waals surface area contributed by atoms with Crippen molar-refractivity contribution in [2.75, 3.05) is 11.9 Å². The van der Waals surface area contributed by atoms with Crippen LogP contribution >= 0.6 is 12.2 Å². The van der Waals surface area contributed by atoms with Gasteiger partial charge in [-0.15, -0.1) is 0 Å². The van der Waals surface area contributed by atoms with Crippen LogP contribution in [0.4, 0.5) is 5.69 Å². The fourth-order valence-corrected chi connectivity index (χ4v) is 3.32. The fourth-order valence-electron chi connectivity index (χ4n) is 3.06. The second-order valence-electron chi connectivity index (χ2n) is 6.71. The molecule has 0 amide bonds. The van der Waals surface area contributed by atoms with Crippen molar-refractivity contribution in [2.45, 2.75) is 38.8 Å². The molecule has 25 heavy (non-hydrogen) atoms. The van der Waals surface area contributed by atoms with Gasteiger partial charge in [0.05, 0.1) is 12.6 Å². The van der Waals surface area contributed by atoms with Gasteiger partial charge in [-0.3, -0.25) is 0 Å². The number of hydrogen-bond donors (Lipinski definition) is 2. The predicted molar refractivity (Wildman–Crippen MR) is 105 cm³/mol. The number of fused-ring (bicyclic) bond motifs is 1. The first-order valence-corrected chi connectivity index (χ1v) is 8.96. The van der Waals surface area contributed by atoms with Crippen LogP contribution < -0.4 is 20.1 Å². The molecule has 0 aromatic heterocycles. The molecule has 0 spiro atoms. The van der Waals surface area contributed by atoms with Gasteiger partial charge in [0.25, 0.3) is 0 Å². The van der Waals surface area contributed by atoms with E-state index < -0.39 is 0 Å². The minimum atomic E-state index is -0.235. The predicted octanol–water partition coefficient (Wildman–Crippen LogP) is 4.67.